The molecule has 0 saturated carbocycles. The molecule has 4 rings (SSSR count). The molecule has 2 aromatic rings. The summed E-state index contributed by atoms with van der Waals surface area (Å²) in [5.74, 6) is 0.175. The molecule has 0 spiro atoms. The quantitative estimate of drug-likeness (QED) is 0.745. The van der Waals surface area contributed by atoms with Gasteiger partial charge in [-0.15, -0.1) is 11.3 Å². The molecule has 0 radical (unpaired) electrons. The molecule has 0 bridgehead atoms. The van der Waals surface area contributed by atoms with E-state index in [2.05, 4.69) is 52.6 Å². The Bertz CT molecular complexity index is 759. The van der Waals surface area contributed by atoms with Crippen LogP contribution in [0.4, 0.5) is 0 Å². The molecular formula is C22H28N2OS. The number of fused-ring (bicyclic) bond motifs is 1. The topological polar surface area (TPSA) is 23.6 Å². The highest BCUT2D eigenvalue weighted by Crippen LogP contribution is 2.28. The van der Waals surface area contributed by atoms with Gasteiger partial charge in [-0.3, -0.25) is 14.6 Å². The van der Waals surface area contributed by atoms with Crippen LogP contribution in [0.3, 0.4) is 0 Å². The number of hydrogen-bond acceptors (Lipinski definition) is 4. The summed E-state index contributed by atoms with van der Waals surface area (Å²) in [6.07, 6.45) is 4.97. The van der Waals surface area contributed by atoms with Gasteiger partial charge in [-0.2, -0.15) is 0 Å². The van der Waals surface area contributed by atoms with Gasteiger partial charge in [-0.05, 0) is 74.3 Å². The molecule has 26 heavy (non-hydrogen) atoms. The van der Waals surface area contributed by atoms with E-state index in [1.165, 1.54) is 44.3 Å². The normalized spacial score (nSPS) is 21.3. The van der Waals surface area contributed by atoms with Crippen LogP contribution in [-0.2, 0) is 19.4 Å². The Morgan fingerprint density at radius 2 is 2.00 bits per heavy atom. The predicted octanol–water partition coefficient (Wildman–Crippen LogP) is 4.01. The fraction of sp³-hybridized carbons (Fsp3) is 0.500. The molecule has 3 nitrogen and oxygen atoms in total. The number of rotatable bonds is 5. The SMILES string of the molecule is CC(=O)c1cc(CN(C)C2CCCN(C3Cc4ccccc4C3)C2)cs1. The Balaban J connectivity index is 1.36. The minimum Gasteiger partial charge on any atom is -0.298 e. The van der Waals surface area contributed by atoms with Crippen molar-refractivity contribution in [3.8, 4) is 0 Å². The van der Waals surface area contributed by atoms with Crippen molar-refractivity contribution < 1.29 is 4.79 Å². The molecule has 0 N–H and O–H groups in total. The number of nitrogens with zero attached hydrogens (tertiary/aromatic N) is 2. The van der Waals surface area contributed by atoms with Crippen molar-refractivity contribution >= 4 is 17.1 Å². The first-order valence-corrected chi connectivity index (χ1v) is 10.6. The van der Waals surface area contributed by atoms with E-state index in [4.69, 9.17) is 0 Å². The number of Topliss-reactive ketones (excluding diaryl/α,β-unsaturated/α-hetero) is 1. The van der Waals surface area contributed by atoms with Gasteiger partial charge in [0.05, 0.1) is 4.88 Å². The molecule has 1 aliphatic carbocycles. The maximum Gasteiger partial charge on any atom is 0.169 e. The number of benzene rings is 1. The van der Waals surface area contributed by atoms with E-state index in [9.17, 15) is 4.79 Å². The third kappa shape index (κ3) is 3.78. The second kappa shape index (κ2) is 7.63. The Morgan fingerprint density at radius 1 is 1.27 bits per heavy atom. The number of carbonyl (C=O) groups is 1. The van der Waals surface area contributed by atoms with E-state index in [1.807, 2.05) is 0 Å². The maximum absolute atomic E-state index is 11.5. The van der Waals surface area contributed by atoms with Crippen LogP contribution >= 0.6 is 11.3 Å². The fourth-order valence-electron chi connectivity index (χ4n) is 4.53. The van der Waals surface area contributed by atoms with E-state index >= 15 is 0 Å². The number of piperidine rings is 1. The van der Waals surface area contributed by atoms with E-state index < -0.39 is 0 Å². The van der Waals surface area contributed by atoms with Crippen molar-refractivity contribution in [2.75, 3.05) is 20.1 Å². The van der Waals surface area contributed by atoms with Gasteiger partial charge in [0, 0.05) is 25.2 Å². The zero-order chi connectivity index (χ0) is 18.1. The van der Waals surface area contributed by atoms with Crippen LogP contribution in [0.15, 0.2) is 35.7 Å². The molecule has 0 amide bonds. The predicted molar refractivity (Wildman–Crippen MR) is 108 cm³/mol. The second-order valence-electron chi connectivity index (χ2n) is 7.91. The lowest BCUT2D eigenvalue weighted by Gasteiger charge is -2.40. The van der Waals surface area contributed by atoms with Crippen LogP contribution in [0, 0.1) is 0 Å². The van der Waals surface area contributed by atoms with E-state index in [0.717, 1.165) is 11.4 Å². The van der Waals surface area contributed by atoms with Gasteiger partial charge in [0.1, 0.15) is 0 Å². The molecule has 4 heteroatoms. The van der Waals surface area contributed by atoms with Gasteiger partial charge in [0.25, 0.3) is 0 Å². The van der Waals surface area contributed by atoms with Gasteiger partial charge < -0.3 is 0 Å². The van der Waals surface area contributed by atoms with Gasteiger partial charge >= 0.3 is 0 Å². The second-order valence-corrected chi connectivity index (χ2v) is 8.82. The van der Waals surface area contributed by atoms with Crippen molar-refractivity contribution in [1.29, 1.82) is 0 Å². The maximum atomic E-state index is 11.5. The third-order valence-corrected chi connectivity index (χ3v) is 7.11. The Morgan fingerprint density at radius 3 is 2.65 bits per heavy atom. The van der Waals surface area contributed by atoms with Gasteiger partial charge in [-0.25, -0.2) is 0 Å². The molecule has 1 aromatic carbocycles. The molecule has 1 unspecified atom stereocenters. The minimum absolute atomic E-state index is 0.175. The van der Waals surface area contributed by atoms with Crippen LogP contribution in [0.1, 0.15) is 46.1 Å². The highest BCUT2D eigenvalue weighted by molar-refractivity contribution is 7.12. The monoisotopic (exact) mass is 368 g/mol. The van der Waals surface area contributed by atoms with Crippen LogP contribution in [0.5, 0.6) is 0 Å². The van der Waals surface area contributed by atoms with Crippen molar-refractivity contribution in [2.45, 2.75) is 51.2 Å². The number of carbonyl (C=O) groups excluding carboxylic acids is 1. The summed E-state index contributed by atoms with van der Waals surface area (Å²) in [6, 6.07) is 12.3. The average Bonchev–Trinajstić information content (AvgIpc) is 3.28. The molecule has 1 fully saturated rings. The molecule has 1 aliphatic heterocycles. The number of thiophene rings is 1. The highest BCUT2D eigenvalue weighted by Gasteiger charge is 2.31. The van der Waals surface area contributed by atoms with Gasteiger partial charge in [0.15, 0.2) is 5.78 Å². The van der Waals surface area contributed by atoms with Gasteiger partial charge in [-0.1, -0.05) is 24.3 Å². The van der Waals surface area contributed by atoms with Crippen molar-refractivity contribution in [1.82, 2.24) is 9.80 Å². The summed E-state index contributed by atoms with van der Waals surface area (Å²) in [6.45, 7) is 4.99. The molecule has 1 aromatic heterocycles. The van der Waals surface area contributed by atoms with E-state index in [1.54, 1.807) is 29.4 Å². The Hall–Kier alpha value is -1.49. The van der Waals surface area contributed by atoms with Crippen LogP contribution < -0.4 is 0 Å². The summed E-state index contributed by atoms with van der Waals surface area (Å²) < 4.78 is 0. The first kappa shape index (κ1) is 17.9. The first-order valence-electron chi connectivity index (χ1n) is 9.69. The average molecular weight is 369 g/mol. The molecule has 138 valence electrons. The molecular weight excluding hydrogens is 340 g/mol. The van der Waals surface area contributed by atoms with E-state index in [-0.39, 0.29) is 5.78 Å². The minimum atomic E-state index is 0.175. The van der Waals surface area contributed by atoms with Crippen molar-refractivity contribution in [3.05, 3.63) is 57.3 Å². The number of hydrogen-bond donors (Lipinski definition) is 0. The lowest BCUT2D eigenvalue weighted by atomic mass is 10.0. The van der Waals surface area contributed by atoms with Crippen molar-refractivity contribution in [2.24, 2.45) is 0 Å². The Labute approximate surface area is 160 Å². The molecule has 2 heterocycles. The highest BCUT2D eigenvalue weighted by atomic mass is 32.1. The zero-order valence-electron chi connectivity index (χ0n) is 15.8. The summed E-state index contributed by atoms with van der Waals surface area (Å²) in [7, 11) is 2.24. The van der Waals surface area contributed by atoms with Crippen LogP contribution in [0.2, 0.25) is 0 Å². The zero-order valence-corrected chi connectivity index (χ0v) is 16.6. The number of likely N-dealkylation sites (N-methyl/N-ethyl adjacent to an activating group) is 1. The summed E-state index contributed by atoms with van der Waals surface area (Å²) in [5.41, 5.74) is 4.36. The molecule has 1 saturated heterocycles. The summed E-state index contributed by atoms with van der Waals surface area (Å²) >= 11 is 1.57. The lowest BCUT2D eigenvalue weighted by molar-refractivity contribution is 0.0835. The largest absolute Gasteiger partial charge is 0.298 e. The summed E-state index contributed by atoms with van der Waals surface area (Å²) in [5, 5.41) is 2.14. The lowest BCUT2D eigenvalue weighted by Crippen LogP contribution is -2.50. The number of likely N-dealkylation sites (tertiary alicyclic amines) is 1. The molecule has 2 aliphatic rings. The van der Waals surface area contributed by atoms with Gasteiger partial charge in [0.2, 0.25) is 0 Å². The van der Waals surface area contributed by atoms with E-state index in [0.29, 0.717) is 12.1 Å². The number of ketones is 1. The van der Waals surface area contributed by atoms with Crippen LogP contribution in [-0.4, -0.2) is 47.8 Å². The third-order valence-electron chi connectivity index (χ3n) is 6.03. The first-order chi connectivity index (χ1) is 12.6. The Kier molecular flexibility index (Phi) is 5.25. The summed E-state index contributed by atoms with van der Waals surface area (Å²) in [4.78, 5) is 17.6. The fourth-order valence-corrected chi connectivity index (χ4v) is 5.34. The van der Waals surface area contributed by atoms with Crippen molar-refractivity contribution in [3.63, 3.8) is 0 Å². The van der Waals surface area contributed by atoms with Crippen LogP contribution in [0.25, 0.3) is 0 Å². The smallest absolute Gasteiger partial charge is 0.169 e. The standard InChI is InChI=1S/C22H28N2OS/c1-16(25)22-10-17(15-26-22)13-23(2)20-8-5-9-24(14-20)21-11-18-6-3-4-7-19(18)12-21/h3-4,6-7,10,15,20-21H,5,8-9,11-14H2,1-2H3. The molecule has 1 atom stereocenters.